The zero-order valence-corrected chi connectivity index (χ0v) is 17.9. The van der Waals surface area contributed by atoms with Crippen LogP contribution in [0, 0.1) is 5.92 Å². The molecule has 1 aliphatic carbocycles. The molecule has 0 amide bonds. The first-order chi connectivity index (χ1) is 15.0. The van der Waals surface area contributed by atoms with Gasteiger partial charge in [-0.1, -0.05) is 12.1 Å². The monoisotopic (exact) mass is 449 g/mol. The van der Waals surface area contributed by atoms with E-state index < -0.39 is 12.0 Å². The van der Waals surface area contributed by atoms with Crippen LogP contribution in [-0.2, 0) is 0 Å². The Morgan fingerprint density at radius 3 is 2.53 bits per heavy atom. The predicted octanol–water partition coefficient (Wildman–Crippen LogP) is 4.62. The van der Waals surface area contributed by atoms with Gasteiger partial charge in [0.15, 0.2) is 5.65 Å². The van der Waals surface area contributed by atoms with Gasteiger partial charge in [-0.2, -0.15) is 9.61 Å². The summed E-state index contributed by atoms with van der Waals surface area (Å²) < 4.78 is 43.3. The molecular formula is C22H26F3N5O2. The molecule has 1 fully saturated rings. The summed E-state index contributed by atoms with van der Waals surface area (Å²) in [4.78, 5) is 4.64. The van der Waals surface area contributed by atoms with Gasteiger partial charge >= 0.3 is 6.36 Å². The number of nitrogens with two attached hydrogens (primary N) is 1. The third-order valence-corrected chi connectivity index (χ3v) is 5.96. The number of nitrogens with zero attached hydrogens (tertiary/aromatic N) is 3. The Morgan fingerprint density at radius 2 is 1.88 bits per heavy atom. The van der Waals surface area contributed by atoms with E-state index in [1.165, 1.54) is 28.9 Å². The molecule has 2 aromatic heterocycles. The molecule has 172 valence electrons. The average molecular weight is 449 g/mol. The summed E-state index contributed by atoms with van der Waals surface area (Å²) in [6, 6.07) is 7.55. The van der Waals surface area contributed by atoms with E-state index in [2.05, 4.69) is 20.1 Å². The number of benzene rings is 1. The van der Waals surface area contributed by atoms with Crippen LogP contribution in [0.2, 0.25) is 0 Å². The van der Waals surface area contributed by atoms with Crippen molar-refractivity contribution in [2.24, 2.45) is 5.92 Å². The average Bonchev–Trinajstić information content (AvgIpc) is 3.11. The molecule has 0 unspecified atom stereocenters. The van der Waals surface area contributed by atoms with Crippen molar-refractivity contribution in [3.05, 3.63) is 36.5 Å². The van der Waals surface area contributed by atoms with Crippen molar-refractivity contribution >= 4 is 17.3 Å². The summed E-state index contributed by atoms with van der Waals surface area (Å²) >= 11 is 0. The van der Waals surface area contributed by atoms with Crippen molar-refractivity contribution in [1.82, 2.24) is 14.6 Å². The minimum Gasteiger partial charge on any atom is -0.406 e. The highest BCUT2D eigenvalue weighted by Crippen LogP contribution is 2.34. The topological polar surface area (TPSA) is 97.7 Å². The lowest BCUT2D eigenvalue weighted by atomic mass is 9.77. The van der Waals surface area contributed by atoms with Gasteiger partial charge < -0.3 is 20.9 Å². The minimum absolute atomic E-state index is 0.192. The molecule has 0 radical (unpaired) electrons. The van der Waals surface area contributed by atoms with Crippen LogP contribution in [0.4, 0.5) is 24.8 Å². The summed E-state index contributed by atoms with van der Waals surface area (Å²) in [5, 5.41) is 17.9. The first-order valence-corrected chi connectivity index (χ1v) is 10.5. The van der Waals surface area contributed by atoms with Crippen LogP contribution in [0.25, 0.3) is 16.8 Å². The fraction of sp³-hybridized carbons (Fsp3) is 0.455. The molecule has 0 atom stereocenters. The van der Waals surface area contributed by atoms with Gasteiger partial charge in [-0.25, -0.2) is 4.98 Å². The van der Waals surface area contributed by atoms with E-state index in [0.717, 1.165) is 25.7 Å². The van der Waals surface area contributed by atoms with Crippen molar-refractivity contribution in [3.63, 3.8) is 0 Å². The van der Waals surface area contributed by atoms with Crippen molar-refractivity contribution < 1.29 is 23.0 Å². The number of anilines is 2. The lowest BCUT2D eigenvalue weighted by Gasteiger charge is -2.36. The molecule has 7 nitrogen and oxygen atoms in total. The van der Waals surface area contributed by atoms with Gasteiger partial charge in [0, 0.05) is 17.7 Å². The van der Waals surface area contributed by atoms with E-state index in [4.69, 9.17) is 5.73 Å². The van der Waals surface area contributed by atoms with Crippen LogP contribution >= 0.6 is 0 Å². The maximum Gasteiger partial charge on any atom is 0.573 e. The first kappa shape index (κ1) is 22.2. The Hall–Kier alpha value is -3.01. The number of hydrogen-bond donors (Lipinski definition) is 3. The van der Waals surface area contributed by atoms with E-state index in [9.17, 15) is 18.3 Å². The summed E-state index contributed by atoms with van der Waals surface area (Å²) in [7, 11) is 0. The third kappa shape index (κ3) is 4.90. The summed E-state index contributed by atoms with van der Waals surface area (Å²) in [6.07, 6.45) is 0.341. The van der Waals surface area contributed by atoms with Crippen LogP contribution < -0.4 is 15.8 Å². The Balaban J connectivity index is 1.58. The van der Waals surface area contributed by atoms with Crippen LogP contribution in [0.3, 0.4) is 0 Å². The molecule has 1 aromatic carbocycles. The molecule has 1 aliphatic rings. The number of hydrogen-bond acceptors (Lipinski definition) is 6. The van der Waals surface area contributed by atoms with E-state index in [1.807, 2.05) is 13.8 Å². The number of ether oxygens (including phenoxy) is 1. The van der Waals surface area contributed by atoms with Crippen LogP contribution in [-0.4, -0.2) is 37.7 Å². The maximum atomic E-state index is 12.6. The quantitative estimate of drug-likeness (QED) is 0.526. The van der Waals surface area contributed by atoms with Crippen molar-refractivity contribution in [2.75, 3.05) is 11.1 Å². The molecule has 0 saturated heterocycles. The van der Waals surface area contributed by atoms with E-state index in [1.54, 1.807) is 12.1 Å². The summed E-state index contributed by atoms with van der Waals surface area (Å²) in [5.74, 6) is 0.872. The normalized spacial score (nSPS) is 19.8. The molecule has 1 saturated carbocycles. The van der Waals surface area contributed by atoms with Gasteiger partial charge in [-0.05, 0) is 63.1 Å². The molecule has 32 heavy (non-hydrogen) atoms. The van der Waals surface area contributed by atoms with Gasteiger partial charge in [-0.15, -0.1) is 13.2 Å². The van der Waals surface area contributed by atoms with E-state index in [-0.39, 0.29) is 17.7 Å². The van der Waals surface area contributed by atoms with Crippen molar-refractivity contribution in [2.45, 2.75) is 57.5 Å². The number of nitrogens with one attached hydrogen (secondary N) is 1. The molecule has 0 spiro atoms. The smallest absolute Gasteiger partial charge is 0.406 e. The van der Waals surface area contributed by atoms with Crippen LogP contribution in [0.15, 0.2) is 36.5 Å². The lowest BCUT2D eigenvalue weighted by molar-refractivity contribution is -0.274. The SMILES string of the molecule is CC(C)(O)C1CCC(Nc2cc(N)n3ncc(-c4cccc(OC(F)(F)F)c4)c3n2)CC1. The Bertz CT molecular complexity index is 1100. The van der Waals surface area contributed by atoms with Crippen molar-refractivity contribution in [1.29, 1.82) is 0 Å². The standard InChI is InChI=1S/C22H26F3N5O2/c1-21(2,31)14-6-8-15(9-7-14)28-19-11-18(26)30-20(29-19)17(12-27-30)13-4-3-5-16(10-13)32-22(23,24)25/h3-5,10-12,14-15,31H,6-9,26H2,1-2H3,(H,28,29). The number of aliphatic hydroxyl groups is 1. The lowest BCUT2D eigenvalue weighted by Crippen LogP contribution is -2.37. The molecular weight excluding hydrogens is 423 g/mol. The van der Waals surface area contributed by atoms with Gasteiger partial charge in [0.05, 0.1) is 11.8 Å². The second-order valence-corrected chi connectivity index (χ2v) is 8.78. The number of nitrogen functional groups attached to an aromatic ring is 1. The number of fused-ring (bicyclic) bond motifs is 1. The first-order valence-electron chi connectivity index (χ1n) is 10.5. The fourth-order valence-electron chi connectivity index (χ4n) is 4.28. The van der Waals surface area contributed by atoms with E-state index in [0.29, 0.717) is 28.4 Å². The van der Waals surface area contributed by atoms with Gasteiger partial charge in [0.2, 0.25) is 0 Å². The van der Waals surface area contributed by atoms with Gasteiger partial charge in [-0.3, -0.25) is 0 Å². The molecule has 0 aliphatic heterocycles. The summed E-state index contributed by atoms with van der Waals surface area (Å²) in [5.41, 5.74) is 6.92. The zero-order valence-electron chi connectivity index (χ0n) is 17.9. The molecule has 10 heteroatoms. The highest BCUT2D eigenvalue weighted by atomic mass is 19.4. The molecule has 0 bridgehead atoms. The third-order valence-electron chi connectivity index (χ3n) is 5.96. The molecule has 3 aromatic rings. The number of rotatable bonds is 5. The van der Waals surface area contributed by atoms with Crippen LogP contribution in [0.5, 0.6) is 5.75 Å². The predicted molar refractivity (Wildman–Crippen MR) is 115 cm³/mol. The second kappa shape index (κ2) is 8.16. The van der Waals surface area contributed by atoms with Crippen molar-refractivity contribution in [3.8, 4) is 16.9 Å². The Labute approximate surface area is 183 Å². The number of halogens is 3. The maximum absolute atomic E-state index is 12.6. The largest absolute Gasteiger partial charge is 0.573 e. The molecule has 2 heterocycles. The second-order valence-electron chi connectivity index (χ2n) is 8.78. The molecule has 4 rings (SSSR count). The fourth-order valence-corrected chi connectivity index (χ4v) is 4.28. The number of alkyl halides is 3. The van der Waals surface area contributed by atoms with E-state index >= 15 is 0 Å². The number of aromatic nitrogens is 3. The van der Waals surface area contributed by atoms with Crippen LogP contribution in [0.1, 0.15) is 39.5 Å². The summed E-state index contributed by atoms with van der Waals surface area (Å²) in [6.45, 7) is 3.69. The minimum atomic E-state index is -4.77. The van der Waals surface area contributed by atoms with Gasteiger partial charge in [0.1, 0.15) is 17.4 Å². The Kier molecular flexibility index (Phi) is 5.66. The molecule has 4 N–H and O–H groups in total. The van der Waals surface area contributed by atoms with Gasteiger partial charge in [0.25, 0.3) is 0 Å². The highest BCUT2D eigenvalue weighted by molar-refractivity contribution is 5.79. The highest BCUT2D eigenvalue weighted by Gasteiger charge is 2.32. The Morgan fingerprint density at radius 1 is 1.16 bits per heavy atom. The zero-order chi connectivity index (χ0) is 23.1.